The number of hydrogen-bond donors (Lipinski definition) is 3. The summed E-state index contributed by atoms with van der Waals surface area (Å²) in [6.07, 6.45) is -0.691. The Labute approximate surface area is 152 Å². The van der Waals surface area contributed by atoms with Crippen molar-refractivity contribution in [2.24, 2.45) is 0 Å². The van der Waals surface area contributed by atoms with Gasteiger partial charge in [-0.25, -0.2) is 4.79 Å². The molecule has 2 aromatic rings. The summed E-state index contributed by atoms with van der Waals surface area (Å²) in [4.78, 5) is 23.9. The molecule has 0 aliphatic carbocycles. The Morgan fingerprint density at radius 3 is 2.23 bits per heavy atom. The lowest BCUT2D eigenvalue weighted by Gasteiger charge is -2.15. The maximum absolute atomic E-state index is 12.3. The summed E-state index contributed by atoms with van der Waals surface area (Å²) in [6, 6.07) is 13.6. The number of nitrogens with one attached hydrogen (secondary N) is 3. The number of carbonyl (C=O) groups excluding carboxylic acids is 2. The fourth-order valence-corrected chi connectivity index (χ4v) is 2.17. The first-order valence-electron chi connectivity index (χ1n) is 8.28. The smallest absolute Gasteiger partial charge is 0.319 e. The van der Waals surface area contributed by atoms with Gasteiger partial charge in [0.05, 0.1) is 7.11 Å². The molecule has 3 N–H and O–H groups in total. The second kappa shape index (κ2) is 9.31. The zero-order valence-corrected chi connectivity index (χ0v) is 15.0. The lowest BCUT2D eigenvalue weighted by molar-refractivity contribution is -0.122. The van der Waals surface area contributed by atoms with E-state index in [0.717, 1.165) is 0 Å². The van der Waals surface area contributed by atoms with Crippen LogP contribution in [0.15, 0.2) is 48.5 Å². The Bertz CT molecular complexity index is 747. The van der Waals surface area contributed by atoms with Crippen LogP contribution in [0.1, 0.15) is 13.8 Å². The van der Waals surface area contributed by atoms with E-state index in [1.165, 1.54) is 0 Å². The van der Waals surface area contributed by atoms with Crippen molar-refractivity contribution in [1.82, 2.24) is 5.32 Å². The van der Waals surface area contributed by atoms with Gasteiger partial charge in [-0.1, -0.05) is 6.07 Å². The lowest BCUT2D eigenvalue weighted by atomic mass is 10.2. The summed E-state index contributed by atoms with van der Waals surface area (Å²) in [5, 5.41) is 8.10. The highest BCUT2D eigenvalue weighted by atomic mass is 16.5. The summed E-state index contributed by atoms with van der Waals surface area (Å²) in [6.45, 7) is 4.03. The Morgan fingerprint density at radius 2 is 1.62 bits per heavy atom. The highest BCUT2D eigenvalue weighted by molar-refractivity contribution is 5.95. The molecule has 7 nitrogen and oxygen atoms in total. The largest absolute Gasteiger partial charge is 0.497 e. The molecule has 0 saturated carbocycles. The third-order valence-corrected chi connectivity index (χ3v) is 3.47. The predicted molar refractivity (Wildman–Crippen MR) is 101 cm³/mol. The Balaban J connectivity index is 1.94. The summed E-state index contributed by atoms with van der Waals surface area (Å²) >= 11 is 0. The van der Waals surface area contributed by atoms with Crippen molar-refractivity contribution < 1.29 is 19.1 Å². The molecule has 7 heteroatoms. The van der Waals surface area contributed by atoms with Crippen molar-refractivity contribution in [1.29, 1.82) is 0 Å². The van der Waals surface area contributed by atoms with Gasteiger partial charge >= 0.3 is 6.03 Å². The SMILES string of the molecule is CCNC(=O)Nc1cccc(NC(=O)C(C)Oc2ccc(OC)cc2)c1. The summed E-state index contributed by atoms with van der Waals surface area (Å²) in [5.74, 6) is 0.988. The molecule has 2 rings (SSSR count). The molecule has 2 aromatic carbocycles. The number of benzene rings is 2. The molecule has 1 atom stereocenters. The molecule has 0 spiro atoms. The van der Waals surface area contributed by atoms with Crippen molar-refractivity contribution in [3.05, 3.63) is 48.5 Å². The Kier molecular flexibility index (Phi) is 6.84. The minimum atomic E-state index is -0.691. The monoisotopic (exact) mass is 357 g/mol. The molecule has 0 heterocycles. The van der Waals surface area contributed by atoms with Gasteiger partial charge in [0.2, 0.25) is 0 Å². The van der Waals surface area contributed by atoms with Crippen LogP contribution in [0.3, 0.4) is 0 Å². The number of anilines is 2. The highest BCUT2D eigenvalue weighted by Crippen LogP contribution is 2.19. The number of rotatable bonds is 7. The standard InChI is InChI=1S/C19H23N3O4/c1-4-20-19(24)22-15-7-5-6-14(12-15)21-18(23)13(2)26-17-10-8-16(25-3)9-11-17/h5-13H,4H2,1-3H3,(H,21,23)(H2,20,22,24). The molecule has 3 amide bonds. The van der Waals surface area contributed by atoms with Crippen LogP contribution in [-0.4, -0.2) is 31.7 Å². The molecule has 0 fully saturated rings. The van der Waals surface area contributed by atoms with E-state index in [1.54, 1.807) is 62.6 Å². The predicted octanol–water partition coefficient (Wildman–Crippen LogP) is 3.24. The highest BCUT2D eigenvalue weighted by Gasteiger charge is 2.15. The van der Waals surface area contributed by atoms with Crippen molar-refractivity contribution in [2.75, 3.05) is 24.3 Å². The van der Waals surface area contributed by atoms with E-state index in [2.05, 4.69) is 16.0 Å². The quantitative estimate of drug-likeness (QED) is 0.710. The molecular formula is C19H23N3O4. The van der Waals surface area contributed by atoms with E-state index in [0.29, 0.717) is 29.4 Å². The zero-order chi connectivity index (χ0) is 18.9. The topological polar surface area (TPSA) is 88.7 Å². The van der Waals surface area contributed by atoms with E-state index in [4.69, 9.17) is 9.47 Å². The fraction of sp³-hybridized carbons (Fsp3) is 0.263. The lowest BCUT2D eigenvalue weighted by Crippen LogP contribution is -2.30. The normalized spacial score (nSPS) is 11.2. The van der Waals surface area contributed by atoms with Gasteiger partial charge in [-0.15, -0.1) is 0 Å². The van der Waals surface area contributed by atoms with Gasteiger partial charge in [-0.3, -0.25) is 4.79 Å². The first-order valence-corrected chi connectivity index (χ1v) is 8.28. The third kappa shape index (κ3) is 5.70. The maximum atomic E-state index is 12.3. The molecule has 0 saturated heterocycles. The van der Waals surface area contributed by atoms with Gasteiger partial charge in [-0.2, -0.15) is 0 Å². The first kappa shape index (κ1) is 19.1. The summed E-state index contributed by atoms with van der Waals surface area (Å²) in [7, 11) is 1.58. The van der Waals surface area contributed by atoms with Gasteiger partial charge < -0.3 is 25.4 Å². The number of ether oxygens (including phenoxy) is 2. The minimum Gasteiger partial charge on any atom is -0.497 e. The van der Waals surface area contributed by atoms with E-state index in [9.17, 15) is 9.59 Å². The number of methoxy groups -OCH3 is 1. The maximum Gasteiger partial charge on any atom is 0.319 e. The molecule has 0 aliphatic rings. The summed E-state index contributed by atoms with van der Waals surface area (Å²) < 4.78 is 10.7. The van der Waals surface area contributed by atoms with Crippen molar-refractivity contribution in [3.8, 4) is 11.5 Å². The second-order valence-electron chi connectivity index (χ2n) is 5.49. The van der Waals surface area contributed by atoms with Gasteiger partial charge in [0, 0.05) is 17.9 Å². The molecule has 0 aromatic heterocycles. The number of amides is 3. The number of urea groups is 1. The fourth-order valence-electron chi connectivity index (χ4n) is 2.17. The molecular weight excluding hydrogens is 334 g/mol. The average Bonchev–Trinajstić information content (AvgIpc) is 2.62. The van der Waals surface area contributed by atoms with Crippen LogP contribution in [0.4, 0.5) is 16.2 Å². The van der Waals surface area contributed by atoms with E-state index < -0.39 is 6.10 Å². The van der Waals surface area contributed by atoms with Crippen molar-refractivity contribution >= 4 is 23.3 Å². The average molecular weight is 357 g/mol. The molecule has 26 heavy (non-hydrogen) atoms. The number of carbonyl (C=O) groups is 2. The van der Waals surface area contributed by atoms with Crippen LogP contribution >= 0.6 is 0 Å². The van der Waals surface area contributed by atoms with Crippen LogP contribution in [0.25, 0.3) is 0 Å². The number of hydrogen-bond acceptors (Lipinski definition) is 4. The zero-order valence-electron chi connectivity index (χ0n) is 15.0. The Morgan fingerprint density at radius 1 is 1.00 bits per heavy atom. The molecule has 0 aliphatic heterocycles. The molecule has 138 valence electrons. The molecule has 0 bridgehead atoms. The van der Waals surface area contributed by atoms with E-state index in [1.807, 2.05) is 6.92 Å². The van der Waals surface area contributed by atoms with Gasteiger partial charge in [-0.05, 0) is 56.3 Å². The van der Waals surface area contributed by atoms with Gasteiger partial charge in [0.15, 0.2) is 6.10 Å². The van der Waals surface area contributed by atoms with E-state index in [-0.39, 0.29) is 11.9 Å². The van der Waals surface area contributed by atoms with Crippen molar-refractivity contribution in [3.63, 3.8) is 0 Å². The van der Waals surface area contributed by atoms with Gasteiger partial charge in [0.25, 0.3) is 5.91 Å². The minimum absolute atomic E-state index is 0.295. The van der Waals surface area contributed by atoms with Crippen LogP contribution in [0, 0.1) is 0 Å². The third-order valence-electron chi connectivity index (χ3n) is 3.47. The van der Waals surface area contributed by atoms with Gasteiger partial charge in [0.1, 0.15) is 11.5 Å². The van der Waals surface area contributed by atoms with Crippen LogP contribution < -0.4 is 25.4 Å². The summed E-state index contributed by atoms with van der Waals surface area (Å²) in [5.41, 5.74) is 1.15. The molecule has 1 unspecified atom stereocenters. The Hall–Kier alpha value is -3.22. The van der Waals surface area contributed by atoms with Crippen molar-refractivity contribution in [2.45, 2.75) is 20.0 Å². The van der Waals surface area contributed by atoms with Crippen LogP contribution in [-0.2, 0) is 4.79 Å². The first-order chi connectivity index (χ1) is 12.5. The molecule has 0 radical (unpaired) electrons. The second-order valence-corrected chi connectivity index (χ2v) is 5.49. The van der Waals surface area contributed by atoms with Crippen LogP contribution in [0.2, 0.25) is 0 Å². The van der Waals surface area contributed by atoms with E-state index >= 15 is 0 Å². The van der Waals surface area contributed by atoms with Crippen LogP contribution in [0.5, 0.6) is 11.5 Å².